The molecule has 0 aromatic heterocycles. The molecule has 4 radical (unpaired) electrons. The zero-order chi connectivity index (χ0) is 5.33. The fourth-order valence-electron chi connectivity index (χ4n) is 0.854. The summed E-state index contributed by atoms with van der Waals surface area (Å²) in [5.74, 6) is 0. The summed E-state index contributed by atoms with van der Waals surface area (Å²) < 4.78 is 0. The molecule has 0 atom stereocenters. The topological polar surface area (TPSA) is 0 Å². The van der Waals surface area contributed by atoms with Crippen molar-refractivity contribution in [1.82, 2.24) is 0 Å². The van der Waals surface area contributed by atoms with Crippen LogP contribution in [0.1, 0.15) is 0 Å². The molecule has 0 N–H and O–H groups in total. The van der Waals surface area contributed by atoms with Crippen molar-refractivity contribution in [3.8, 4) is 0 Å². The lowest BCUT2D eigenvalue weighted by molar-refractivity contribution is 3.43. The highest BCUT2D eigenvalue weighted by Crippen LogP contribution is 1.95. The first-order valence-corrected chi connectivity index (χ1v) is 25.3. The highest BCUT2D eigenvalue weighted by Gasteiger charge is 2.32. The third kappa shape index (κ3) is 1.46. The average molecular weight is 207 g/mol. The van der Waals surface area contributed by atoms with Crippen molar-refractivity contribution in [2.45, 2.75) is 0 Å². The predicted octanol–water partition coefficient (Wildman–Crippen LogP) is -5.34. The molecule has 0 saturated carbocycles. The Hall–Kier alpha value is 1.52. The average Bonchev–Trinajstić information content (AvgIpc) is 1.61. The smallest absolute Gasteiger partial charge is 0.000294 e. The molecule has 1 saturated heterocycles. The van der Waals surface area contributed by atoms with Gasteiger partial charge in [-0.1, -0.05) is 0 Å². The summed E-state index contributed by atoms with van der Waals surface area (Å²) in [5.41, 5.74) is 0. The van der Waals surface area contributed by atoms with E-state index in [2.05, 4.69) is 19.5 Å². The van der Waals surface area contributed by atoms with Gasteiger partial charge in [0.2, 0.25) is 0 Å². The number of hydrogen-bond acceptors (Lipinski definition) is 0. The van der Waals surface area contributed by atoms with Gasteiger partial charge in [-0.2, -0.15) is 0 Å². The molecular formula is H10Si7. The molecule has 1 aliphatic heterocycles. The fraction of sp³-hybridized carbons (Fsp3) is 0. The second-order valence-corrected chi connectivity index (χ2v) is 64.4. The van der Waals surface area contributed by atoms with Crippen LogP contribution in [0.5, 0.6) is 0 Å². The van der Waals surface area contributed by atoms with Crippen LogP contribution in [0.4, 0.5) is 0 Å². The molecule has 0 amide bonds. The lowest BCUT2D eigenvalue weighted by Crippen LogP contribution is -2.70. The van der Waals surface area contributed by atoms with E-state index in [0.717, 1.165) is 25.7 Å². The van der Waals surface area contributed by atoms with Crippen LogP contribution >= 0.6 is 0 Å². The van der Waals surface area contributed by atoms with E-state index >= 15 is 0 Å². The van der Waals surface area contributed by atoms with Crippen molar-refractivity contribution in [1.29, 1.82) is 0 Å². The van der Waals surface area contributed by atoms with Gasteiger partial charge in [0.25, 0.3) is 0 Å². The summed E-state index contributed by atoms with van der Waals surface area (Å²) in [6.07, 6.45) is -0.174. The van der Waals surface area contributed by atoms with Crippen LogP contribution in [0.3, 0.4) is 0 Å². The van der Waals surface area contributed by atoms with Crippen molar-refractivity contribution in [3.05, 3.63) is 0 Å². The van der Waals surface area contributed by atoms with Crippen LogP contribution in [0.2, 0.25) is 0 Å². The van der Waals surface area contributed by atoms with Crippen molar-refractivity contribution in [2.24, 2.45) is 0 Å². The second-order valence-electron chi connectivity index (χ2n) is 2.38. The normalized spacial score (nSPS) is 52.3. The highest BCUT2D eigenvalue weighted by atomic mass is 30.4. The van der Waals surface area contributed by atoms with E-state index in [1.165, 1.54) is 0 Å². The molecule has 1 aliphatic rings. The molecule has 7 heavy (non-hydrogen) atoms. The Bertz CT molecular complexity index is 54.9. The first-order chi connectivity index (χ1) is 3.27. The Labute approximate surface area is 59.9 Å². The Balaban J connectivity index is 2.29. The third-order valence-corrected chi connectivity index (χ3v) is 145. The predicted molar refractivity (Wildman–Crippen MR) is 54.2 cm³/mol. The van der Waals surface area contributed by atoms with Gasteiger partial charge >= 0.3 is 0 Å². The zero-order valence-corrected chi connectivity index (χ0v) is 13.6. The Morgan fingerprint density at radius 2 is 2.14 bits per heavy atom. The summed E-state index contributed by atoms with van der Waals surface area (Å²) in [4.78, 5) is 0. The molecule has 0 spiro atoms. The van der Waals surface area contributed by atoms with Gasteiger partial charge in [0.15, 0.2) is 0 Å². The maximum atomic E-state index is 4.08. The van der Waals surface area contributed by atoms with E-state index in [9.17, 15) is 0 Å². The van der Waals surface area contributed by atoms with Gasteiger partial charge in [-0.3, -0.25) is 0 Å². The largest absolute Gasteiger partial charge is 0.00925 e. The summed E-state index contributed by atoms with van der Waals surface area (Å²) in [6, 6.07) is 0. The second kappa shape index (κ2) is 2.41. The molecule has 0 aromatic rings. The van der Waals surface area contributed by atoms with Crippen LogP contribution in [0.15, 0.2) is 0 Å². The van der Waals surface area contributed by atoms with Gasteiger partial charge in [0.05, 0.1) is 0 Å². The molecule has 7 heteroatoms. The zero-order valence-electron chi connectivity index (χ0n) is 4.54. The Morgan fingerprint density at radius 1 is 1.57 bits per heavy atom. The quantitative estimate of drug-likeness (QED) is 0.376. The molecule has 1 heterocycles. The highest BCUT2D eigenvalue weighted by molar-refractivity contribution is 8.08. The van der Waals surface area contributed by atoms with Crippen LogP contribution in [-0.2, 0) is 0 Å². The van der Waals surface area contributed by atoms with Gasteiger partial charge in [0, 0.05) is 0 Å². The van der Waals surface area contributed by atoms with Gasteiger partial charge in [-0.15, -0.1) is 0 Å². The van der Waals surface area contributed by atoms with Crippen LogP contribution in [-0.4, -0.2) is 59.9 Å². The van der Waals surface area contributed by atoms with Crippen molar-refractivity contribution < 1.29 is 0 Å². The standard InChI is InChI=1S/H10Si7/c1-3-7(2)5-4-6-7/h1,3-6H2. The van der Waals surface area contributed by atoms with Crippen molar-refractivity contribution in [2.75, 3.05) is 0 Å². The summed E-state index contributed by atoms with van der Waals surface area (Å²) in [6.45, 7) is 0. The SMILES string of the molecule is [Si][Si]1([SiH2][SiH2])[SiH2][SiH2][SiH2]1. The molecule has 38 valence electrons. The molecule has 1 rings (SSSR count). The number of rotatable bonds is 1. The lowest BCUT2D eigenvalue weighted by Gasteiger charge is -2.33. The van der Waals surface area contributed by atoms with Gasteiger partial charge < -0.3 is 0 Å². The molecule has 0 aliphatic carbocycles. The van der Waals surface area contributed by atoms with Crippen LogP contribution < -0.4 is 0 Å². The molecule has 0 nitrogen and oxygen atoms in total. The minimum Gasteiger partial charge on any atom is -0.00925 e. The van der Waals surface area contributed by atoms with Gasteiger partial charge in [0.1, 0.15) is 0 Å². The van der Waals surface area contributed by atoms with E-state index in [-0.39, 0.29) is 6.14 Å². The van der Waals surface area contributed by atoms with Crippen LogP contribution in [0, 0.1) is 0 Å². The molecule has 0 aromatic carbocycles. The van der Waals surface area contributed by atoms with Gasteiger partial charge in [-0.25, -0.2) is 0 Å². The maximum Gasteiger partial charge on any atom is -0.000294 e. The lowest BCUT2D eigenvalue weighted by atomic mass is 25.8. The fourth-order valence-corrected chi connectivity index (χ4v) is 179. The monoisotopic (exact) mass is 206 g/mol. The first-order valence-electron chi connectivity index (χ1n) is 2.81. The van der Waals surface area contributed by atoms with E-state index in [4.69, 9.17) is 0 Å². The van der Waals surface area contributed by atoms with Crippen molar-refractivity contribution >= 4 is 59.9 Å². The van der Waals surface area contributed by atoms with E-state index < -0.39 is 0 Å². The first kappa shape index (κ1) is 6.64. The van der Waals surface area contributed by atoms with E-state index in [1.54, 1.807) is 0 Å². The Kier molecular flexibility index (Phi) is 2.28. The van der Waals surface area contributed by atoms with Gasteiger partial charge in [-0.05, 0) is 59.9 Å². The minimum atomic E-state index is -0.174. The van der Waals surface area contributed by atoms with E-state index in [1.807, 2.05) is 0 Å². The third-order valence-electron chi connectivity index (χ3n) is 1.79. The summed E-state index contributed by atoms with van der Waals surface area (Å²) in [7, 11) is 9.31. The summed E-state index contributed by atoms with van der Waals surface area (Å²) >= 11 is 0. The van der Waals surface area contributed by atoms with Crippen molar-refractivity contribution in [3.63, 3.8) is 0 Å². The van der Waals surface area contributed by atoms with E-state index in [0.29, 0.717) is 8.55 Å². The molecule has 1 fully saturated rings. The Morgan fingerprint density at radius 3 is 2.14 bits per heavy atom. The maximum absolute atomic E-state index is 4.08. The minimum absolute atomic E-state index is 0.174. The van der Waals surface area contributed by atoms with Crippen LogP contribution in [0.25, 0.3) is 0 Å². The summed E-state index contributed by atoms with van der Waals surface area (Å²) in [5, 5.41) is 0. The molecule has 0 bridgehead atoms. The molecule has 0 unspecified atom stereocenters. The number of hydrogen-bond donors (Lipinski definition) is 0. The molecular weight excluding hydrogens is 197 g/mol.